The average Bonchev–Trinajstić information content (AvgIpc) is 2.79. The van der Waals surface area contributed by atoms with Gasteiger partial charge in [0, 0.05) is 38.4 Å². The van der Waals surface area contributed by atoms with Crippen molar-refractivity contribution < 1.29 is 4.79 Å². The van der Waals surface area contributed by atoms with Crippen LogP contribution in [0.25, 0.3) is 0 Å². The summed E-state index contributed by atoms with van der Waals surface area (Å²) in [7, 11) is 1.55. The number of H-pyrrole nitrogens is 1. The third-order valence-electron chi connectivity index (χ3n) is 7.54. The highest BCUT2D eigenvalue weighted by Gasteiger charge is 2.48. The number of hydrogen-bond donors (Lipinski definition) is 1. The van der Waals surface area contributed by atoms with Gasteiger partial charge in [-0.2, -0.15) is 0 Å². The summed E-state index contributed by atoms with van der Waals surface area (Å²) in [5, 5.41) is 0. The highest BCUT2D eigenvalue weighted by atomic mass is 16.2. The van der Waals surface area contributed by atoms with E-state index in [0.29, 0.717) is 37.0 Å². The fraction of sp³-hybridized carbons (Fsp3) is 0.542. The molecule has 0 aliphatic carbocycles. The Kier molecular flexibility index (Phi) is 5.30. The maximum absolute atomic E-state index is 13.3. The lowest BCUT2D eigenvalue weighted by molar-refractivity contribution is -0.0642. The number of amides is 1. The van der Waals surface area contributed by atoms with Crippen LogP contribution in [0.1, 0.15) is 41.6 Å². The van der Waals surface area contributed by atoms with Crippen LogP contribution in [0.15, 0.2) is 46.1 Å². The molecular weight excluding hydrogens is 392 g/mol. The Bertz CT molecular complexity index is 1080. The average molecular weight is 423 g/mol. The Balaban J connectivity index is 1.44. The molecule has 164 valence electrons. The van der Waals surface area contributed by atoms with Gasteiger partial charge >= 0.3 is 5.69 Å². The minimum absolute atomic E-state index is 0.0576. The molecule has 4 heterocycles. The number of aromatic nitrogens is 2. The highest BCUT2D eigenvalue weighted by Crippen LogP contribution is 2.42. The second-order valence-corrected chi connectivity index (χ2v) is 9.44. The van der Waals surface area contributed by atoms with E-state index in [1.165, 1.54) is 35.6 Å². The number of nitrogens with zero attached hydrogens (tertiary/aromatic N) is 3. The van der Waals surface area contributed by atoms with Crippen LogP contribution in [-0.4, -0.2) is 57.0 Å². The van der Waals surface area contributed by atoms with E-state index in [9.17, 15) is 14.4 Å². The number of fused-ring (bicyclic) bond motifs is 4. The topological polar surface area (TPSA) is 78.4 Å². The predicted octanol–water partition coefficient (Wildman–Crippen LogP) is 1.63. The molecule has 1 aromatic carbocycles. The summed E-state index contributed by atoms with van der Waals surface area (Å²) in [6, 6.07) is 11.6. The van der Waals surface area contributed by atoms with Gasteiger partial charge in [-0.05, 0) is 49.6 Å². The highest BCUT2D eigenvalue weighted by molar-refractivity contribution is 5.93. The van der Waals surface area contributed by atoms with E-state index in [1.807, 2.05) is 4.90 Å². The van der Waals surface area contributed by atoms with Gasteiger partial charge in [0.1, 0.15) is 5.56 Å². The maximum atomic E-state index is 13.3. The van der Waals surface area contributed by atoms with Crippen LogP contribution in [0.4, 0.5) is 0 Å². The van der Waals surface area contributed by atoms with Gasteiger partial charge in [-0.15, -0.1) is 0 Å². The van der Waals surface area contributed by atoms with Gasteiger partial charge in [-0.1, -0.05) is 36.8 Å². The van der Waals surface area contributed by atoms with Crippen molar-refractivity contribution in [2.24, 2.45) is 18.9 Å². The number of nitrogens with one attached hydrogen (secondary N) is 1. The van der Waals surface area contributed by atoms with Crippen molar-refractivity contribution in [1.29, 1.82) is 0 Å². The van der Waals surface area contributed by atoms with Crippen LogP contribution < -0.4 is 11.2 Å². The number of hydrogen-bond acceptors (Lipinski definition) is 4. The quantitative estimate of drug-likeness (QED) is 0.816. The summed E-state index contributed by atoms with van der Waals surface area (Å²) in [6.45, 7) is 2.50. The Hall–Kier alpha value is -2.67. The molecule has 7 nitrogen and oxygen atoms in total. The number of carbonyl (C=O) groups excluding carboxylic acids is 1. The lowest BCUT2D eigenvalue weighted by Crippen LogP contribution is -2.64. The number of likely N-dealkylation sites (tertiary alicyclic amines) is 1. The van der Waals surface area contributed by atoms with Crippen LogP contribution in [0.2, 0.25) is 0 Å². The van der Waals surface area contributed by atoms with Gasteiger partial charge < -0.3 is 9.47 Å². The first-order valence-electron chi connectivity index (χ1n) is 11.4. The van der Waals surface area contributed by atoms with Crippen molar-refractivity contribution in [3.8, 4) is 0 Å². The van der Waals surface area contributed by atoms with Gasteiger partial charge in [0.05, 0.1) is 0 Å². The largest absolute Gasteiger partial charge is 0.338 e. The molecule has 3 aliphatic heterocycles. The van der Waals surface area contributed by atoms with Crippen molar-refractivity contribution in [3.63, 3.8) is 0 Å². The predicted molar refractivity (Wildman–Crippen MR) is 118 cm³/mol. The molecule has 1 aromatic heterocycles. The molecular formula is C24H30N4O3. The van der Waals surface area contributed by atoms with E-state index in [1.54, 1.807) is 7.05 Å². The Morgan fingerprint density at radius 1 is 1.10 bits per heavy atom. The molecule has 5 rings (SSSR count). The van der Waals surface area contributed by atoms with E-state index < -0.39 is 11.2 Å². The third kappa shape index (κ3) is 3.76. The van der Waals surface area contributed by atoms with E-state index in [4.69, 9.17) is 0 Å². The minimum atomic E-state index is -0.594. The molecule has 4 atom stereocenters. The van der Waals surface area contributed by atoms with Gasteiger partial charge in [0.25, 0.3) is 11.5 Å². The first-order chi connectivity index (χ1) is 15.0. The van der Waals surface area contributed by atoms with Crippen molar-refractivity contribution >= 4 is 5.91 Å². The van der Waals surface area contributed by atoms with Crippen LogP contribution in [0.5, 0.6) is 0 Å². The van der Waals surface area contributed by atoms with E-state index in [0.717, 1.165) is 19.4 Å². The summed E-state index contributed by atoms with van der Waals surface area (Å²) < 4.78 is 1.26. The molecule has 2 bridgehead atoms. The Morgan fingerprint density at radius 3 is 2.68 bits per heavy atom. The molecule has 0 spiro atoms. The molecule has 1 amide bonds. The smallest absolute Gasteiger partial charge is 0.328 e. The van der Waals surface area contributed by atoms with Crippen LogP contribution in [-0.2, 0) is 13.5 Å². The minimum Gasteiger partial charge on any atom is -0.338 e. The molecule has 1 N–H and O–H groups in total. The lowest BCUT2D eigenvalue weighted by Gasteiger charge is -2.57. The molecule has 2 aromatic rings. The fourth-order valence-electron chi connectivity index (χ4n) is 6.10. The van der Waals surface area contributed by atoms with Crippen molar-refractivity contribution in [1.82, 2.24) is 19.4 Å². The van der Waals surface area contributed by atoms with Gasteiger partial charge in [0.2, 0.25) is 0 Å². The van der Waals surface area contributed by atoms with Crippen LogP contribution >= 0.6 is 0 Å². The van der Waals surface area contributed by atoms with Gasteiger partial charge in [0.15, 0.2) is 0 Å². The number of aryl methyl sites for hydroxylation is 1. The zero-order valence-electron chi connectivity index (χ0n) is 18.0. The summed E-state index contributed by atoms with van der Waals surface area (Å²) >= 11 is 0. The molecule has 0 radical (unpaired) electrons. The number of piperidine rings is 3. The zero-order chi connectivity index (χ0) is 21.5. The normalized spacial score (nSPS) is 28.2. The second-order valence-electron chi connectivity index (χ2n) is 9.44. The van der Waals surface area contributed by atoms with Crippen molar-refractivity contribution in [2.45, 2.75) is 44.2 Å². The summed E-state index contributed by atoms with van der Waals surface area (Å²) in [4.78, 5) is 44.2. The number of rotatable bonds is 3. The SMILES string of the molecule is Cn1cc(C(=O)N2C[C@H]3C[C@@H](C2)[C@H](Cc2ccccc2)N2CCCC[C@@H]32)c(=O)[nH]c1=O. The van der Waals surface area contributed by atoms with Crippen LogP contribution in [0, 0.1) is 11.8 Å². The molecule has 0 saturated carbocycles. The number of aromatic amines is 1. The molecule has 7 heteroatoms. The second kappa shape index (κ2) is 8.11. The van der Waals surface area contributed by atoms with Crippen molar-refractivity contribution in [3.05, 3.63) is 68.5 Å². The molecule has 0 unspecified atom stereocenters. The van der Waals surface area contributed by atoms with E-state index >= 15 is 0 Å². The maximum Gasteiger partial charge on any atom is 0.328 e. The first-order valence-corrected chi connectivity index (χ1v) is 11.4. The lowest BCUT2D eigenvalue weighted by atomic mass is 9.71. The van der Waals surface area contributed by atoms with Crippen LogP contribution in [0.3, 0.4) is 0 Å². The Morgan fingerprint density at radius 2 is 1.87 bits per heavy atom. The standard InChI is InChI=1S/C24H30N4O3/c1-26-15-19(22(29)25-24(26)31)23(30)27-13-17-12-18(14-27)21(11-16-7-3-2-4-8-16)28-10-6-5-9-20(17)28/h2-4,7-8,15,17-18,20-21H,5-6,9-14H2,1H3,(H,25,29,31)/t17-,18+,20+,21+/m1/s1. The molecule has 3 fully saturated rings. The molecule has 3 aliphatic rings. The van der Waals surface area contributed by atoms with E-state index in [-0.39, 0.29) is 11.5 Å². The monoisotopic (exact) mass is 422 g/mol. The molecule has 31 heavy (non-hydrogen) atoms. The number of benzene rings is 1. The van der Waals surface area contributed by atoms with Gasteiger partial charge in [-0.3, -0.25) is 19.5 Å². The number of carbonyl (C=O) groups is 1. The van der Waals surface area contributed by atoms with Crippen molar-refractivity contribution in [2.75, 3.05) is 19.6 Å². The summed E-state index contributed by atoms with van der Waals surface area (Å²) in [5.74, 6) is 0.583. The fourth-order valence-corrected chi connectivity index (χ4v) is 6.10. The zero-order valence-corrected chi connectivity index (χ0v) is 18.0. The third-order valence-corrected chi connectivity index (χ3v) is 7.54. The molecule has 3 saturated heterocycles. The van der Waals surface area contributed by atoms with Gasteiger partial charge in [-0.25, -0.2) is 4.79 Å². The summed E-state index contributed by atoms with van der Waals surface area (Å²) in [5.41, 5.74) is 0.303. The summed E-state index contributed by atoms with van der Waals surface area (Å²) in [6.07, 6.45) is 7.20. The first kappa shape index (κ1) is 20.2. The Labute approximate surface area is 181 Å². The van der Waals surface area contributed by atoms with E-state index in [2.05, 4.69) is 40.2 Å².